The van der Waals surface area contributed by atoms with Crippen LogP contribution in [-0.2, 0) is 9.53 Å². The first-order valence-corrected chi connectivity index (χ1v) is 8.92. The Labute approximate surface area is 154 Å². The van der Waals surface area contributed by atoms with Gasteiger partial charge >= 0.3 is 0 Å². The molecule has 2 rings (SSSR count). The fourth-order valence-corrected chi connectivity index (χ4v) is 2.83. The van der Waals surface area contributed by atoms with Crippen LogP contribution in [0.2, 0.25) is 5.02 Å². The molecule has 2 atom stereocenters. The van der Waals surface area contributed by atoms with Gasteiger partial charge in [0.2, 0.25) is 5.91 Å². The smallest absolute Gasteiger partial charge is 0.243 e. The Balaban J connectivity index is 2.02. The molecule has 1 aromatic carbocycles. The molecule has 1 aliphatic rings. The van der Waals surface area contributed by atoms with Gasteiger partial charge in [-0.2, -0.15) is 0 Å². The van der Waals surface area contributed by atoms with Gasteiger partial charge in [-0.25, -0.2) is 4.99 Å². The molecule has 0 saturated carbocycles. The predicted molar refractivity (Wildman–Crippen MR) is 101 cm³/mol. The van der Waals surface area contributed by atoms with E-state index in [9.17, 15) is 4.79 Å². The SMILES string of the molecule is CC(NC(=NCC(=O)N(C)C)NCC1CCOC1)c1ccccc1Cl. The van der Waals surface area contributed by atoms with Crippen molar-refractivity contribution in [3.63, 3.8) is 0 Å². The molecule has 2 unspecified atom stereocenters. The number of nitrogens with zero attached hydrogens (tertiary/aromatic N) is 2. The van der Waals surface area contributed by atoms with Crippen molar-refractivity contribution in [1.29, 1.82) is 0 Å². The van der Waals surface area contributed by atoms with Crippen molar-refractivity contribution < 1.29 is 9.53 Å². The summed E-state index contributed by atoms with van der Waals surface area (Å²) in [4.78, 5) is 17.8. The molecule has 6 nitrogen and oxygen atoms in total. The number of carbonyl (C=O) groups excluding carboxylic acids is 1. The lowest BCUT2D eigenvalue weighted by atomic mass is 10.1. The van der Waals surface area contributed by atoms with Crippen molar-refractivity contribution in [2.24, 2.45) is 10.9 Å². The summed E-state index contributed by atoms with van der Waals surface area (Å²) in [5.74, 6) is 1.03. The van der Waals surface area contributed by atoms with Crippen LogP contribution < -0.4 is 10.6 Å². The number of likely N-dealkylation sites (N-methyl/N-ethyl adjacent to an activating group) is 1. The number of benzene rings is 1. The van der Waals surface area contributed by atoms with Crippen LogP contribution in [0.3, 0.4) is 0 Å². The van der Waals surface area contributed by atoms with Crippen LogP contribution in [0.5, 0.6) is 0 Å². The summed E-state index contributed by atoms with van der Waals surface area (Å²) < 4.78 is 5.41. The second kappa shape index (κ2) is 9.63. The van der Waals surface area contributed by atoms with Gasteiger partial charge in [0.05, 0.1) is 12.6 Å². The number of hydrogen-bond donors (Lipinski definition) is 2. The van der Waals surface area contributed by atoms with Gasteiger partial charge in [-0.1, -0.05) is 29.8 Å². The van der Waals surface area contributed by atoms with E-state index in [2.05, 4.69) is 15.6 Å². The lowest BCUT2D eigenvalue weighted by molar-refractivity contribution is -0.127. The number of rotatable bonds is 6. The highest BCUT2D eigenvalue weighted by Gasteiger charge is 2.17. The van der Waals surface area contributed by atoms with Crippen LogP contribution in [0.4, 0.5) is 0 Å². The molecular weight excluding hydrogens is 340 g/mol. The van der Waals surface area contributed by atoms with Gasteiger partial charge < -0.3 is 20.3 Å². The summed E-state index contributed by atoms with van der Waals surface area (Å²) >= 11 is 6.27. The van der Waals surface area contributed by atoms with Crippen molar-refractivity contribution in [2.45, 2.75) is 19.4 Å². The van der Waals surface area contributed by atoms with Gasteiger partial charge in [-0.15, -0.1) is 0 Å². The Morgan fingerprint density at radius 3 is 2.84 bits per heavy atom. The third-order valence-electron chi connectivity index (χ3n) is 4.18. The number of hydrogen-bond acceptors (Lipinski definition) is 3. The van der Waals surface area contributed by atoms with Gasteiger partial charge in [-0.3, -0.25) is 4.79 Å². The number of halogens is 1. The lowest BCUT2D eigenvalue weighted by Gasteiger charge is -2.21. The average molecular weight is 367 g/mol. The molecule has 0 spiro atoms. The molecule has 0 bridgehead atoms. The fourth-order valence-electron chi connectivity index (χ4n) is 2.54. The Morgan fingerprint density at radius 2 is 2.20 bits per heavy atom. The highest BCUT2D eigenvalue weighted by atomic mass is 35.5. The van der Waals surface area contributed by atoms with Crippen LogP contribution in [0.25, 0.3) is 0 Å². The maximum absolute atomic E-state index is 11.8. The molecule has 0 radical (unpaired) electrons. The van der Waals surface area contributed by atoms with E-state index in [0.717, 1.165) is 31.7 Å². The minimum atomic E-state index is -0.0457. The van der Waals surface area contributed by atoms with Crippen LogP contribution in [0.15, 0.2) is 29.3 Å². The number of amides is 1. The number of aliphatic imine (C=N–C) groups is 1. The topological polar surface area (TPSA) is 66.0 Å². The standard InChI is InChI=1S/C18H27ClN4O2/c1-13(15-6-4-5-7-16(15)19)22-18(21-11-17(24)23(2)3)20-10-14-8-9-25-12-14/h4-7,13-14H,8-12H2,1-3H3,(H2,20,21,22). The lowest BCUT2D eigenvalue weighted by Crippen LogP contribution is -2.42. The van der Waals surface area contributed by atoms with E-state index in [1.54, 1.807) is 14.1 Å². The van der Waals surface area contributed by atoms with Gasteiger partial charge in [0.1, 0.15) is 6.54 Å². The highest BCUT2D eigenvalue weighted by Crippen LogP contribution is 2.22. The van der Waals surface area contributed by atoms with Crippen molar-refractivity contribution in [2.75, 3.05) is 40.4 Å². The molecule has 2 N–H and O–H groups in total. The molecule has 138 valence electrons. The van der Waals surface area contributed by atoms with E-state index in [4.69, 9.17) is 16.3 Å². The normalized spacial score (nSPS) is 18.7. The molecule has 0 aromatic heterocycles. The summed E-state index contributed by atoms with van der Waals surface area (Å²) in [7, 11) is 3.45. The molecule has 1 aromatic rings. The summed E-state index contributed by atoms with van der Waals surface area (Å²) in [5.41, 5.74) is 0.988. The van der Waals surface area contributed by atoms with Crippen molar-refractivity contribution >= 4 is 23.5 Å². The molecule has 1 aliphatic heterocycles. The van der Waals surface area contributed by atoms with Gasteiger partial charge in [0.15, 0.2) is 5.96 Å². The Hall–Kier alpha value is -1.79. The maximum atomic E-state index is 11.8. The van der Waals surface area contributed by atoms with E-state index in [-0.39, 0.29) is 18.5 Å². The second-order valence-electron chi connectivity index (χ2n) is 6.45. The van der Waals surface area contributed by atoms with E-state index >= 15 is 0 Å². The van der Waals surface area contributed by atoms with Gasteiger partial charge in [-0.05, 0) is 25.0 Å². The van der Waals surface area contributed by atoms with Crippen molar-refractivity contribution in [3.05, 3.63) is 34.9 Å². The fraction of sp³-hybridized carbons (Fsp3) is 0.556. The van der Waals surface area contributed by atoms with Crippen LogP contribution in [-0.4, -0.2) is 57.2 Å². The molecule has 25 heavy (non-hydrogen) atoms. The van der Waals surface area contributed by atoms with Gasteiger partial charge in [0.25, 0.3) is 0 Å². The zero-order valence-electron chi connectivity index (χ0n) is 15.1. The molecule has 1 fully saturated rings. The molecule has 7 heteroatoms. The number of guanidine groups is 1. The minimum Gasteiger partial charge on any atom is -0.381 e. The summed E-state index contributed by atoms with van der Waals surface area (Å²) in [6.07, 6.45) is 1.04. The van der Waals surface area contributed by atoms with Crippen LogP contribution >= 0.6 is 11.6 Å². The van der Waals surface area contributed by atoms with E-state index < -0.39 is 0 Å². The first-order valence-electron chi connectivity index (χ1n) is 8.54. The zero-order valence-corrected chi connectivity index (χ0v) is 15.8. The summed E-state index contributed by atoms with van der Waals surface area (Å²) in [5, 5.41) is 7.36. The first-order chi connectivity index (χ1) is 12.0. The third-order valence-corrected chi connectivity index (χ3v) is 4.52. The molecule has 1 amide bonds. The number of nitrogens with one attached hydrogen (secondary N) is 2. The molecular formula is C18H27ClN4O2. The Bertz CT molecular complexity index is 600. The average Bonchev–Trinajstić information content (AvgIpc) is 3.10. The Morgan fingerprint density at radius 1 is 1.44 bits per heavy atom. The molecule has 0 aliphatic carbocycles. The number of carbonyl (C=O) groups is 1. The van der Waals surface area contributed by atoms with Crippen molar-refractivity contribution in [3.8, 4) is 0 Å². The van der Waals surface area contributed by atoms with E-state index in [1.165, 1.54) is 4.90 Å². The third kappa shape index (κ3) is 6.21. The van der Waals surface area contributed by atoms with E-state index in [1.807, 2.05) is 31.2 Å². The highest BCUT2D eigenvalue weighted by molar-refractivity contribution is 6.31. The maximum Gasteiger partial charge on any atom is 0.243 e. The zero-order chi connectivity index (χ0) is 18.2. The monoisotopic (exact) mass is 366 g/mol. The minimum absolute atomic E-state index is 0.0331. The van der Waals surface area contributed by atoms with Gasteiger partial charge in [0, 0.05) is 38.2 Å². The summed E-state index contributed by atoms with van der Waals surface area (Å²) in [6, 6.07) is 7.67. The van der Waals surface area contributed by atoms with Crippen LogP contribution in [0.1, 0.15) is 24.9 Å². The molecule has 1 saturated heterocycles. The quantitative estimate of drug-likeness (QED) is 0.597. The first kappa shape index (κ1) is 19.5. The molecule has 1 heterocycles. The van der Waals surface area contributed by atoms with Crippen molar-refractivity contribution in [1.82, 2.24) is 15.5 Å². The largest absolute Gasteiger partial charge is 0.381 e. The Kier molecular flexibility index (Phi) is 7.52. The number of ether oxygens (including phenoxy) is 1. The van der Waals surface area contributed by atoms with Crippen LogP contribution in [0, 0.1) is 5.92 Å². The summed E-state index contributed by atoms with van der Waals surface area (Å²) in [6.45, 7) is 4.44. The van der Waals surface area contributed by atoms with E-state index in [0.29, 0.717) is 16.9 Å². The second-order valence-corrected chi connectivity index (χ2v) is 6.86. The predicted octanol–water partition coefficient (Wildman–Crippen LogP) is 2.06.